The second-order valence-corrected chi connectivity index (χ2v) is 5.70. The van der Waals surface area contributed by atoms with Crippen LogP contribution < -0.4 is 11.3 Å². The Morgan fingerprint density at radius 3 is 2.55 bits per heavy atom. The lowest BCUT2D eigenvalue weighted by Gasteiger charge is -2.09. The molecule has 1 aromatic heterocycles. The van der Waals surface area contributed by atoms with Crippen LogP contribution in [-0.2, 0) is 12.8 Å². The van der Waals surface area contributed by atoms with Crippen LogP contribution in [0.3, 0.4) is 0 Å². The van der Waals surface area contributed by atoms with Crippen LogP contribution in [0, 0.1) is 5.41 Å². The molecule has 8 heteroatoms. The van der Waals surface area contributed by atoms with Crippen molar-refractivity contribution in [2.75, 3.05) is 0 Å². The molecule has 0 saturated heterocycles. The second kappa shape index (κ2) is 7.14. The molecular formula is C12H14Br2N4OS. The average Bonchev–Trinajstić information content (AvgIpc) is 2.59. The van der Waals surface area contributed by atoms with E-state index in [1.807, 2.05) is 37.4 Å². The summed E-state index contributed by atoms with van der Waals surface area (Å²) in [6, 6.07) is 9.41. The van der Waals surface area contributed by atoms with Crippen LogP contribution in [-0.4, -0.2) is 14.5 Å². The van der Waals surface area contributed by atoms with E-state index in [0.29, 0.717) is 10.2 Å². The molecule has 1 aromatic carbocycles. The molecule has 0 unspecified atom stereocenters. The Balaban J connectivity index is 0.00000200. The van der Waals surface area contributed by atoms with Crippen LogP contribution in [0.2, 0.25) is 0 Å². The molecule has 0 atom stereocenters. The highest BCUT2D eigenvalue weighted by Gasteiger charge is 2.16. The summed E-state index contributed by atoms with van der Waals surface area (Å²) in [5, 5.41) is 7.27. The average molecular weight is 422 g/mol. The van der Waals surface area contributed by atoms with Crippen molar-refractivity contribution in [1.29, 1.82) is 5.41 Å². The minimum Gasteiger partial charge on any atom is -0.379 e. The fraction of sp³-hybridized carbons (Fsp3) is 0.167. The third-order valence-corrected chi connectivity index (χ3v) is 4.21. The smallest absolute Gasteiger partial charge is 0.286 e. The summed E-state index contributed by atoms with van der Waals surface area (Å²) in [5.41, 5.74) is 6.82. The van der Waals surface area contributed by atoms with E-state index < -0.39 is 0 Å². The van der Waals surface area contributed by atoms with E-state index in [1.165, 1.54) is 11.8 Å². The summed E-state index contributed by atoms with van der Waals surface area (Å²) >= 11 is 4.51. The SMILES string of the molecule is Br.Cn1c(CSC(=N)N)c(Br)c(=O)n1-c1ccccc1. The van der Waals surface area contributed by atoms with Gasteiger partial charge in [0.15, 0.2) is 5.17 Å². The van der Waals surface area contributed by atoms with E-state index in [4.69, 9.17) is 11.1 Å². The molecule has 2 aromatic rings. The molecule has 3 N–H and O–H groups in total. The van der Waals surface area contributed by atoms with E-state index in [-0.39, 0.29) is 27.7 Å². The zero-order chi connectivity index (χ0) is 14.0. The fourth-order valence-electron chi connectivity index (χ4n) is 1.78. The van der Waals surface area contributed by atoms with Crippen LogP contribution in [0.25, 0.3) is 5.69 Å². The number of hydrogen-bond donors (Lipinski definition) is 2. The Hall–Kier alpha value is -0.990. The molecule has 0 fully saturated rings. The van der Waals surface area contributed by atoms with E-state index >= 15 is 0 Å². The quantitative estimate of drug-likeness (QED) is 0.590. The highest BCUT2D eigenvalue weighted by atomic mass is 79.9. The van der Waals surface area contributed by atoms with Crippen molar-refractivity contribution in [3.8, 4) is 5.69 Å². The Labute approximate surface area is 139 Å². The standard InChI is InChI=1S/C12H13BrN4OS.BrH/c1-16-9(7-19-12(14)15)10(13)11(18)17(16)8-5-3-2-4-6-8;/h2-6H,7H2,1H3,(H3,14,15);1H. The molecule has 1 heterocycles. The van der Waals surface area contributed by atoms with Gasteiger partial charge in [0.2, 0.25) is 0 Å². The number of amidine groups is 1. The fourth-order valence-corrected chi connectivity index (χ4v) is 3.15. The predicted molar refractivity (Wildman–Crippen MR) is 92.2 cm³/mol. The van der Waals surface area contributed by atoms with Gasteiger partial charge in [-0.05, 0) is 28.1 Å². The molecule has 0 saturated carbocycles. The van der Waals surface area contributed by atoms with Gasteiger partial charge in [-0.1, -0.05) is 30.0 Å². The van der Waals surface area contributed by atoms with Gasteiger partial charge in [0, 0.05) is 12.8 Å². The Bertz CT molecular complexity index is 666. The van der Waals surface area contributed by atoms with Gasteiger partial charge in [0.1, 0.15) is 4.47 Å². The van der Waals surface area contributed by atoms with E-state index in [9.17, 15) is 4.79 Å². The number of halogens is 2. The van der Waals surface area contributed by atoms with Gasteiger partial charge in [-0.3, -0.25) is 14.9 Å². The highest BCUT2D eigenvalue weighted by Crippen LogP contribution is 2.20. The third-order valence-electron chi connectivity index (χ3n) is 2.69. The highest BCUT2D eigenvalue weighted by molar-refractivity contribution is 9.10. The third kappa shape index (κ3) is 3.36. The monoisotopic (exact) mass is 420 g/mol. The number of thioether (sulfide) groups is 1. The molecular weight excluding hydrogens is 408 g/mol. The van der Waals surface area contributed by atoms with Crippen LogP contribution in [0.4, 0.5) is 0 Å². The Morgan fingerprint density at radius 1 is 1.40 bits per heavy atom. The predicted octanol–water partition coefficient (Wildman–Crippen LogP) is 2.64. The van der Waals surface area contributed by atoms with Gasteiger partial charge in [-0.25, -0.2) is 4.68 Å². The number of hydrogen-bond acceptors (Lipinski definition) is 3. The van der Waals surface area contributed by atoms with E-state index in [2.05, 4.69) is 15.9 Å². The van der Waals surface area contributed by atoms with Crippen molar-refractivity contribution < 1.29 is 0 Å². The first-order valence-electron chi connectivity index (χ1n) is 5.51. The number of benzene rings is 1. The van der Waals surface area contributed by atoms with Crippen molar-refractivity contribution in [1.82, 2.24) is 9.36 Å². The molecule has 0 aliphatic heterocycles. The van der Waals surface area contributed by atoms with Gasteiger partial charge in [0.05, 0.1) is 11.4 Å². The largest absolute Gasteiger partial charge is 0.379 e. The van der Waals surface area contributed by atoms with E-state index in [1.54, 1.807) is 9.36 Å². The normalized spacial score (nSPS) is 10.1. The van der Waals surface area contributed by atoms with Gasteiger partial charge in [0.25, 0.3) is 5.56 Å². The van der Waals surface area contributed by atoms with E-state index in [0.717, 1.165) is 11.4 Å². The summed E-state index contributed by atoms with van der Waals surface area (Å²) < 4.78 is 3.87. The minimum absolute atomic E-state index is 0. The summed E-state index contributed by atoms with van der Waals surface area (Å²) in [6.07, 6.45) is 0. The first-order valence-corrected chi connectivity index (χ1v) is 7.29. The van der Waals surface area contributed by atoms with Crippen molar-refractivity contribution >= 4 is 49.8 Å². The molecule has 2 rings (SSSR count). The summed E-state index contributed by atoms with van der Waals surface area (Å²) in [4.78, 5) is 12.3. The minimum atomic E-state index is -0.118. The summed E-state index contributed by atoms with van der Waals surface area (Å²) in [7, 11) is 1.81. The molecule has 5 nitrogen and oxygen atoms in total. The molecule has 20 heavy (non-hydrogen) atoms. The second-order valence-electron chi connectivity index (χ2n) is 3.89. The van der Waals surface area contributed by atoms with Crippen molar-refractivity contribution in [3.05, 3.63) is 50.9 Å². The Morgan fingerprint density at radius 2 is 2.00 bits per heavy atom. The molecule has 0 aliphatic rings. The molecule has 0 amide bonds. The lowest BCUT2D eigenvalue weighted by atomic mass is 10.3. The number of nitrogens with one attached hydrogen (secondary N) is 1. The van der Waals surface area contributed by atoms with Crippen molar-refractivity contribution in [2.45, 2.75) is 5.75 Å². The van der Waals surface area contributed by atoms with Gasteiger partial charge < -0.3 is 5.73 Å². The molecule has 0 spiro atoms. The summed E-state index contributed by atoms with van der Waals surface area (Å²) in [5.74, 6) is 0.474. The first-order chi connectivity index (χ1) is 9.02. The number of nitrogens with zero attached hydrogens (tertiary/aromatic N) is 2. The zero-order valence-corrected chi connectivity index (χ0v) is 14.8. The number of para-hydroxylation sites is 1. The topological polar surface area (TPSA) is 76.8 Å². The van der Waals surface area contributed by atoms with Crippen molar-refractivity contribution in [3.63, 3.8) is 0 Å². The van der Waals surface area contributed by atoms with Crippen molar-refractivity contribution in [2.24, 2.45) is 12.8 Å². The van der Waals surface area contributed by atoms with Crippen LogP contribution in [0.5, 0.6) is 0 Å². The van der Waals surface area contributed by atoms with Crippen LogP contribution in [0.15, 0.2) is 39.6 Å². The molecule has 0 radical (unpaired) electrons. The molecule has 0 aliphatic carbocycles. The van der Waals surface area contributed by atoms with Gasteiger partial charge >= 0.3 is 0 Å². The number of aromatic nitrogens is 2. The Kier molecular flexibility index (Phi) is 6.09. The van der Waals surface area contributed by atoms with Gasteiger partial charge in [-0.15, -0.1) is 17.0 Å². The maximum Gasteiger partial charge on any atom is 0.286 e. The van der Waals surface area contributed by atoms with Crippen LogP contribution >= 0.6 is 44.7 Å². The zero-order valence-electron chi connectivity index (χ0n) is 10.7. The van der Waals surface area contributed by atoms with Crippen LogP contribution in [0.1, 0.15) is 5.69 Å². The van der Waals surface area contributed by atoms with Gasteiger partial charge in [-0.2, -0.15) is 0 Å². The lowest BCUT2D eigenvalue weighted by Crippen LogP contribution is -2.19. The first kappa shape index (κ1) is 17.1. The maximum atomic E-state index is 12.3. The maximum absolute atomic E-state index is 12.3. The molecule has 108 valence electrons. The molecule has 0 bridgehead atoms. The number of nitrogens with two attached hydrogens (primary N) is 1. The summed E-state index contributed by atoms with van der Waals surface area (Å²) in [6.45, 7) is 0. The number of rotatable bonds is 3. The lowest BCUT2D eigenvalue weighted by molar-refractivity contribution is 0.628.